The van der Waals surface area contributed by atoms with E-state index in [0.717, 1.165) is 29.6 Å². The Balaban J connectivity index is 1.62. The van der Waals surface area contributed by atoms with Crippen molar-refractivity contribution in [1.82, 2.24) is 15.2 Å². The Labute approximate surface area is 120 Å². The molecule has 4 rings (SSSR count). The van der Waals surface area contributed by atoms with Crippen LogP contribution in [0.25, 0.3) is 10.9 Å². The fraction of sp³-hybridized carbons (Fsp3) is 0.471. The normalized spacial score (nSPS) is 26.2. The summed E-state index contributed by atoms with van der Waals surface area (Å²) in [6.45, 7) is 8.06. The molecule has 104 valence electrons. The molecule has 2 saturated heterocycles. The Bertz CT molecular complexity index is 625. The Morgan fingerprint density at radius 2 is 1.95 bits per heavy atom. The van der Waals surface area contributed by atoms with Crippen molar-refractivity contribution in [1.29, 1.82) is 0 Å². The summed E-state index contributed by atoms with van der Waals surface area (Å²) in [7, 11) is 0. The average Bonchev–Trinajstić information content (AvgIpc) is 2.99. The van der Waals surface area contributed by atoms with Gasteiger partial charge in [-0.25, -0.2) is 0 Å². The van der Waals surface area contributed by atoms with Gasteiger partial charge in [-0.05, 0) is 49.5 Å². The van der Waals surface area contributed by atoms with Crippen LogP contribution in [0.2, 0.25) is 0 Å². The van der Waals surface area contributed by atoms with Crippen molar-refractivity contribution in [2.75, 3.05) is 26.2 Å². The van der Waals surface area contributed by atoms with Gasteiger partial charge in [-0.15, -0.1) is 0 Å². The summed E-state index contributed by atoms with van der Waals surface area (Å²) in [5.74, 6) is 1.73. The molecule has 3 heteroatoms. The standard InChI is InChI=1S/C17H21N3/c1-12-6-13(16-4-2-3-5-17(16)19-12)9-20-10-14-7-18-8-15(14)11-20/h2-6,14-15,18H,7-11H2,1H3/t14-,15+. The van der Waals surface area contributed by atoms with Crippen LogP contribution in [-0.4, -0.2) is 36.1 Å². The number of hydrogen-bond acceptors (Lipinski definition) is 3. The van der Waals surface area contributed by atoms with Gasteiger partial charge in [0.2, 0.25) is 0 Å². The van der Waals surface area contributed by atoms with Crippen LogP contribution in [0.1, 0.15) is 11.3 Å². The van der Waals surface area contributed by atoms with E-state index >= 15 is 0 Å². The number of benzene rings is 1. The summed E-state index contributed by atoms with van der Waals surface area (Å²) in [6, 6.07) is 10.8. The van der Waals surface area contributed by atoms with E-state index in [2.05, 4.69) is 52.5 Å². The Morgan fingerprint density at radius 1 is 1.20 bits per heavy atom. The van der Waals surface area contributed by atoms with Gasteiger partial charge >= 0.3 is 0 Å². The second-order valence-electron chi connectivity index (χ2n) is 6.31. The molecule has 2 fully saturated rings. The van der Waals surface area contributed by atoms with Crippen molar-refractivity contribution in [2.45, 2.75) is 13.5 Å². The van der Waals surface area contributed by atoms with E-state index in [9.17, 15) is 0 Å². The van der Waals surface area contributed by atoms with Gasteiger partial charge < -0.3 is 5.32 Å². The largest absolute Gasteiger partial charge is 0.316 e. The minimum absolute atomic E-state index is 0.865. The lowest BCUT2D eigenvalue weighted by atomic mass is 10.0. The maximum atomic E-state index is 4.64. The van der Waals surface area contributed by atoms with E-state index in [-0.39, 0.29) is 0 Å². The molecule has 0 spiro atoms. The van der Waals surface area contributed by atoms with Crippen molar-refractivity contribution >= 4 is 10.9 Å². The molecule has 0 amide bonds. The first-order valence-electron chi connectivity index (χ1n) is 7.58. The monoisotopic (exact) mass is 267 g/mol. The van der Waals surface area contributed by atoms with Gasteiger partial charge in [-0.2, -0.15) is 0 Å². The number of nitrogens with one attached hydrogen (secondary N) is 1. The lowest BCUT2D eigenvalue weighted by Crippen LogP contribution is -2.25. The molecule has 0 radical (unpaired) electrons. The van der Waals surface area contributed by atoms with E-state index in [1.165, 1.54) is 37.1 Å². The zero-order chi connectivity index (χ0) is 13.5. The lowest BCUT2D eigenvalue weighted by molar-refractivity contribution is 0.306. The smallest absolute Gasteiger partial charge is 0.0708 e. The van der Waals surface area contributed by atoms with E-state index in [1.807, 2.05) is 0 Å². The Hall–Kier alpha value is -1.45. The number of aryl methyl sites for hydroxylation is 1. The summed E-state index contributed by atoms with van der Waals surface area (Å²) in [6.07, 6.45) is 0. The molecule has 2 aliphatic rings. The summed E-state index contributed by atoms with van der Waals surface area (Å²) < 4.78 is 0. The van der Waals surface area contributed by atoms with E-state index in [0.29, 0.717) is 0 Å². The number of likely N-dealkylation sites (tertiary alicyclic amines) is 1. The minimum atomic E-state index is 0.865. The third kappa shape index (κ3) is 2.11. The van der Waals surface area contributed by atoms with Crippen molar-refractivity contribution in [3.8, 4) is 0 Å². The summed E-state index contributed by atoms with van der Waals surface area (Å²) in [4.78, 5) is 7.26. The third-order valence-electron chi connectivity index (χ3n) is 4.79. The van der Waals surface area contributed by atoms with Gasteiger partial charge in [0.25, 0.3) is 0 Å². The first-order chi connectivity index (χ1) is 9.79. The summed E-state index contributed by atoms with van der Waals surface area (Å²) >= 11 is 0. The highest BCUT2D eigenvalue weighted by Crippen LogP contribution is 2.29. The molecule has 0 saturated carbocycles. The molecule has 0 unspecified atom stereocenters. The number of aromatic nitrogens is 1. The van der Waals surface area contributed by atoms with Gasteiger partial charge in [0.15, 0.2) is 0 Å². The van der Waals surface area contributed by atoms with Crippen LogP contribution in [0.3, 0.4) is 0 Å². The number of hydrogen-bond donors (Lipinski definition) is 1. The van der Waals surface area contributed by atoms with Crippen LogP contribution in [0.4, 0.5) is 0 Å². The van der Waals surface area contributed by atoms with Crippen molar-refractivity contribution in [3.05, 3.63) is 41.6 Å². The maximum Gasteiger partial charge on any atom is 0.0708 e. The zero-order valence-electron chi connectivity index (χ0n) is 12.0. The highest BCUT2D eigenvalue weighted by molar-refractivity contribution is 5.82. The topological polar surface area (TPSA) is 28.2 Å². The molecule has 3 heterocycles. The molecule has 20 heavy (non-hydrogen) atoms. The van der Waals surface area contributed by atoms with Gasteiger partial charge in [0, 0.05) is 30.7 Å². The Morgan fingerprint density at radius 3 is 2.75 bits per heavy atom. The number of fused-ring (bicyclic) bond motifs is 2. The molecule has 1 aromatic carbocycles. The molecule has 2 aliphatic heterocycles. The van der Waals surface area contributed by atoms with Crippen LogP contribution < -0.4 is 5.32 Å². The van der Waals surface area contributed by atoms with Crippen molar-refractivity contribution in [3.63, 3.8) is 0 Å². The van der Waals surface area contributed by atoms with Crippen molar-refractivity contribution < 1.29 is 0 Å². The quantitative estimate of drug-likeness (QED) is 0.904. The highest BCUT2D eigenvalue weighted by Gasteiger charge is 2.35. The van der Waals surface area contributed by atoms with Crippen molar-refractivity contribution in [2.24, 2.45) is 11.8 Å². The fourth-order valence-electron chi connectivity index (χ4n) is 3.85. The first kappa shape index (κ1) is 12.3. The molecule has 2 atom stereocenters. The molecular formula is C17H21N3. The van der Waals surface area contributed by atoms with Crippen LogP contribution in [0.15, 0.2) is 30.3 Å². The van der Waals surface area contributed by atoms with Gasteiger partial charge in [0.05, 0.1) is 5.52 Å². The summed E-state index contributed by atoms with van der Waals surface area (Å²) in [5, 5.41) is 4.82. The maximum absolute atomic E-state index is 4.64. The second-order valence-corrected chi connectivity index (χ2v) is 6.31. The van der Waals surface area contributed by atoms with Gasteiger partial charge in [0.1, 0.15) is 0 Å². The molecular weight excluding hydrogens is 246 g/mol. The van der Waals surface area contributed by atoms with E-state index in [4.69, 9.17) is 0 Å². The number of para-hydroxylation sites is 1. The SMILES string of the molecule is Cc1cc(CN2C[C@H]3CNC[C@H]3C2)c2ccccc2n1. The molecule has 2 aromatic rings. The van der Waals surface area contributed by atoms with Crippen LogP contribution in [-0.2, 0) is 6.54 Å². The van der Waals surface area contributed by atoms with Crippen LogP contribution in [0, 0.1) is 18.8 Å². The molecule has 1 aromatic heterocycles. The lowest BCUT2D eigenvalue weighted by Gasteiger charge is -2.18. The molecule has 0 aliphatic carbocycles. The first-order valence-corrected chi connectivity index (χ1v) is 7.58. The number of rotatable bonds is 2. The van der Waals surface area contributed by atoms with E-state index < -0.39 is 0 Å². The number of pyridine rings is 1. The van der Waals surface area contributed by atoms with E-state index in [1.54, 1.807) is 0 Å². The molecule has 3 nitrogen and oxygen atoms in total. The van der Waals surface area contributed by atoms with Gasteiger partial charge in [-0.3, -0.25) is 9.88 Å². The Kier molecular flexibility index (Phi) is 2.97. The average molecular weight is 267 g/mol. The fourth-order valence-corrected chi connectivity index (χ4v) is 3.85. The summed E-state index contributed by atoms with van der Waals surface area (Å²) in [5.41, 5.74) is 3.68. The highest BCUT2D eigenvalue weighted by atomic mass is 15.2. The number of nitrogens with zero attached hydrogens (tertiary/aromatic N) is 2. The second kappa shape index (κ2) is 4.83. The minimum Gasteiger partial charge on any atom is -0.316 e. The third-order valence-corrected chi connectivity index (χ3v) is 4.79. The predicted octanol–water partition coefficient (Wildman–Crippen LogP) is 2.19. The predicted molar refractivity (Wildman–Crippen MR) is 81.6 cm³/mol. The van der Waals surface area contributed by atoms with Gasteiger partial charge in [-0.1, -0.05) is 18.2 Å². The molecule has 1 N–H and O–H groups in total. The van der Waals surface area contributed by atoms with Crippen LogP contribution >= 0.6 is 0 Å². The van der Waals surface area contributed by atoms with Crippen LogP contribution in [0.5, 0.6) is 0 Å². The zero-order valence-corrected chi connectivity index (χ0v) is 12.0. The molecule has 0 bridgehead atoms.